The van der Waals surface area contributed by atoms with E-state index in [0.717, 1.165) is 5.56 Å². The molecule has 0 aromatic heterocycles. The van der Waals surface area contributed by atoms with E-state index in [1.54, 1.807) is 12.1 Å². The van der Waals surface area contributed by atoms with Gasteiger partial charge in [0.1, 0.15) is 0 Å². The van der Waals surface area contributed by atoms with Crippen LogP contribution in [0.5, 0.6) is 0 Å². The molecule has 1 aliphatic heterocycles. The summed E-state index contributed by atoms with van der Waals surface area (Å²) in [6.07, 6.45) is 0.815. The Morgan fingerprint density at radius 1 is 1.47 bits per heavy atom. The minimum absolute atomic E-state index is 0.0640. The van der Waals surface area contributed by atoms with Crippen LogP contribution in [0.4, 0.5) is 5.69 Å². The molecule has 0 bridgehead atoms. The highest BCUT2D eigenvalue weighted by atomic mass is 35.5. The summed E-state index contributed by atoms with van der Waals surface area (Å²) in [4.78, 5) is 11.8. The molecule has 104 valence electrons. The van der Waals surface area contributed by atoms with E-state index in [2.05, 4.69) is 5.32 Å². The highest BCUT2D eigenvalue weighted by molar-refractivity contribution is 7.91. The number of carbonyl (C=O) groups excluding carboxylic acids is 1. The van der Waals surface area contributed by atoms with Gasteiger partial charge in [0.15, 0.2) is 9.84 Å². The summed E-state index contributed by atoms with van der Waals surface area (Å²) in [6, 6.07) is 5.31. The smallest absolute Gasteiger partial charge is 0.224 e. The predicted octanol–water partition coefficient (Wildman–Crippen LogP) is 2.41. The number of nitrogens with one attached hydrogen (secondary N) is 1. The van der Waals surface area contributed by atoms with Gasteiger partial charge < -0.3 is 5.32 Å². The number of rotatable bonds is 3. The van der Waals surface area contributed by atoms with Crippen LogP contribution >= 0.6 is 11.6 Å². The fraction of sp³-hybridized carbons (Fsp3) is 0.462. The molecule has 1 amide bonds. The monoisotopic (exact) mass is 301 g/mol. The lowest BCUT2D eigenvalue weighted by Gasteiger charge is -2.09. The normalized spacial score (nSPS) is 21.3. The van der Waals surface area contributed by atoms with E-state index in [0.29, 0.717) is 17.1 Å². The number of amides is 1. The van der Waals surface area contributed by atoms with E-state index in [-0.39, 0.29) is 29.8 Å². The second-order valence-electron chi connectivity index (χ2n) is 4.99. The van der Waals surface area contributed by atoms with Crippen LogP contribution < -0.4 is 5.32 Å². The van der Waals surface area contributed by atoms with E-state index < -0.39 is 9.84 Å². The van der Waals surface area contributed by atoms with Crippen molar-refractivity contribution in [1.82, 2.24) is 0 Å². The van der Waals surface area contributed by atoms with Crippen molar-refractivity contribution < 1.29 is 13.2 Å². The van der Waals surface area contributed by atoms with Crippen molar-refractivity contribution in [3.05, 3.63) is 28.8 Å². The van der Waals surface area contributed by atoms with Gasteiger partial charge in [-0.05, 0) is 37.0 Å². The summed E-state index contributed by atoms with van der Waals surface area (Å²) in [5.74, 6) is 0.0871. The third kappa shape index (κ3) is 3.94. The van der Waals surface area contributed by atoms with E-state index >= 15 is 0 Å². The first-order chi connectivity index (χ1) is 8.85. The van der Waals surface area contributed by atoms with E-state index in [9.17, 15) is 13.2 Å². The maximum atomic E-state index is 11.8. The van der Waals surface area contributed by atoms with Crippen molar-refractivity contribution in [3.63, 3.8) is 0 Å². The summed E-state index contributed by atoms with van der Waals surface area (Å²) < 4.78 is 22.6. The number of hydrogen-bond acceptors (Lipinski definition) is 3. The van der Waals surface area contributed by atoms with Crippen LogP contribution in [0, 0.1) is 12.8 Å². The molecule has 19 heavy (non-hydrogen) atoms. The molecule has 1 heterocycles. The van der Waals surface area contributed by atoms with Crippen LogP contribution in [0.15, 0.2) is 18.2 Å². The molecule has 2 rings (SSSR count). The minimum Gasteiger partial charge on any atom is -0.326 e. The maximum Gasteiger partial charge on any atom is 0.224 e. The molecule has 0 unspecified atom stereocenters. The molecule has 1 saturated heterocycles. The van der Waals surface area contributed by atoms with Gasteiger partial charge >= 0.3 is 0 Å². The fourth-order valence-corrected chi connectivity index (χ4v) is 4.22. The fourth-order valence-electron chi connectivity index (χ4n) is 2.18. The van der Waals surface area contributed by atoms with Crippen molar-refractivity contribution in [2.75, 3.05) is 16.8 Å². The molecule has 0 aliphatic carbocycles. The number of benzene rings is 1. The lowest BCUT2D eigenvalue weighted by Crippen LogP contribution is -2.17. The van der Waals surface area contributed by atoms with Gasteiger partial charge in [0.05, 0.1) is 11.5 Å². The van der Waals surface area contributed by atoms with E-state index in [1.807, 2.05) is 13.0 Å². The highest BCUT2D eigenvalue weighted by Gasteiger charge is 2.29. The predicted molar refractivity (Wildman–Crippen MR) is 76.2 cm³/mol. The zero-order valence-electron chi connectivity index (χ0n) is 10.6. The number of aryl methyl sites for hydroxylation is 1. The van der Waals surface area contributed by atoms with Gasteiger partial charge in [-0.1, -0.05) is 17.7 Å². The molecular formula is C13H16ClNO3S. The quantitative estimate of drug-likeness (QED) is 0.932. The maximum absolute atomic E-state index is 11.8. The molecule has 1 fully saturated rings. The standard InChI is InChI=1S/C13H16ClNO3S/c1-9-2-3-11(7-12(9)14)15-13(16)6-10-4-5-19(17,18)8-10/h2-3,7,10H,4-6,8H2,1H3,(H,15,16)/t10-/m1/s1. The Balaban J connectivity index is 1.93. The Kier molecular flexibility index (Phi) is 4.16. The van der Waals surface area contributed by atoms with Gasteiger partial charge in [0.2, 0.25) is 5.91 Å². The Hall–Kier alpha value is -1.07. The van der Waals surface area contributed by atoms with Crippen molar-refractivity contribution >= 4 is 33.0 Å². The number of halogens is 1. The first-order valence-electron chi connectivity index (χ1n) is 6.12. The van der Waals surface area contributed by atoms with Crippen molar-refractivity contribution in [2.24, 2.45) is 5.92 Å². The second-order valence-corrected chi connectivity index (χ2v) is 7.62. The van der Waals surface area contributed by atoms with Gasteiger partial charge in [-0.25, -0.2) is 8.42 Å². The average Bonchev–Trinajstić information content (AvgIpc) is 2.63. The zero-order valence-corrected chi connectivity index (χ0v) is 12.2. The lowest BCUT2D eigenvalue weighted by atomic mass is 10.0. The summed E-state index contributed by atoms with van der Waals surface area (Å²) in [5.41, 5.74) is 1.59. The number of hydrogen-bond donors (Lipinski definition) is 1. The van der Waals surface area contributed by atoms with Crippen LogP contribution in [-0.2, 0) is 14.6 Å². The van der Waals surface area contributed by atoms with Crippen LogP contribution in [0.25, 0.3) is 0 Å². The van der Waals surface area contributed by atoms with Crippen LogP contribution in [0.2, 0.25) is 5.02 Å². The summed E-state index contributed by atoms with van der Waals surface area (Å²) >= 11 is 5.97. The number of sulfone groups is 1. The average molecular weight is 302 g/mol. The van der Waals surface area contributed by atoms with Crippen LogP contribution in [0.1, 0.15) is 18.4 Å². The summed E-state index contributed by atoms with van der Waals surface area (Å²) in [6.45, 7) is 1.89. The lowest BCUT2D eigenvalue weighted by molar-refractivity contribution is -0.116. The molecule has 4 nitrogen and oxygen atoms in total. The molecule has 1 N–H and O–H groups in total. The van der Waals surface area contributed by atoms with E-state index in [1.165, 1.54) is 0 Å². The Bertz CT molecular complexity index is 598. The molecule has 1 aliphatic rings. The Labute approximate surface area is 118 Å². The van der Waals surface area contributed by atoms with Gasteiger partial charge in [-0.2, -0.15) is 0 Å². The van der Waals surface area contributed by atoms with Crippen molar-refractivity contribution in [3.8, 4) is 0 Å². The number of carbonyl (C=O) groups is 1. The van der Waals surface area contributed by atoms with E-state index in [4.69, 9.17) is 11.6 Å². The highest BCUT2D eigenvalue weighted by Crippen LogP contribution is 2.23. The molecule has 0 radical (unpaired) electrons. The SMILES string of the molecule is Cc1ccc(NC(=O)C[C@H]2CCS(=O)(=O)C2)cc1Cl. The Morgan fingerprint density at radius 3 is 2.79 bits per heavy atom. The molecule has 0 saturated carbocycles. The third-order valence-electron chi connectivity index (χ3n) is 3.26. The zero-order chi connectivity index (χ0) is 14.0. The van der Waals surface area contributed by atoms with Gasteiger partial charge in [0.25, 0.3) is 0 Å². The van der Waals surface area contributed by atoms with Crippen molar-refractivity contribution in [1.29, 1.82) is 0 Å². The molecule has 0 spiro atoms. The van der Waals surface area contributed by atoms with Gasteiger partial charge in [-0.3, -0.25) is 4.79 Å². The van der Waals surface area contributed by atoms with Gasteiger partial charge in [-0.15, -0.1) is 0 Å². The molecular weight excluding hydrogens is 286 g/mol. The topological polar surface area (TPSA) is 63.2 Å². The van der Waals surface area contributed by atoms with Crippen molar-refractivity contribution in [2.45, 2.75) is 19.8 Å². The minimum atomic E-state index is -2.93. The summed E-state index contributed by atoms with van der Waals surface area (Å²) in [5, 5.41) is 3.34. The summed E-state index contributed by atoms with van der Waals surface area (Å²) in [7, 11) is -2.93. The second kappa shape index (κ2) is 5.51. The molecule has 1 aromatic rings. The first-order valence-corrected chi connectivity index (χ1v) is 8.32. The largest absolute Gasteiger partial charge is 0.326 e. The van der Waals surface area contributed by atoms with Crippen LogP contribution in [-0.4, -0.2) is 25.8 Å². The first kappa shape index (κ1) is 14.3. The third-order valence-corrected chi connectivity index (χ3v) is 5.50. The Morgan fingerprint density at radius 2 is 2.21 bits per heavy atom. The molecule has 1 atom stereocenters. The van der Waals surface area contributed by atoms with Crippen LogP contribution in [0.3, 0.4) is 0 Å². The van der Waals surface area contributed by atoms with Gasteiger partial charge in [0, 0.05) is 17.1 Å². The number of anilines is 1. The molecule has 1 aromatic carbocycles. The molecule has 6 heteroatoms.